The predicted molar refractivity (Wildman–Crippen MR) is 113 cm³/mol. The molecule has 0 spiro atoms. The largest absolute Gasteiger partial charge is 0.496 e. The van der Waals surface area contributed by atoms with Crippen molar-refractivity contribution in [3.05, 3.63) is 58.6 Å². The quantitative estimate of drug-likeness (QED) is 0.740. The number of aryl methyl sites for hydroxylation is 1. The zero-order chi connectivity index (χ0) is 20.8. The molecule has 0 aromatic heterocycles. The van der Waals surface area contributed by atoms with Crippen molar-refractivity contribution in [1.29, 1.82) is 0 Å². The van der Waals surface area contributed by atoms with Crippen molar-refractivity contribution >= 4 is 33.0 Å². The number of anilines is 1. The molecule has 2 aromatic carbocycles. The van der Waals surface area contributed by atoms with Gasteiger partial charge in [0.2, 0.25) is 5.91 Å². The molecule has 2 atom stereocenters. The lowest BCUT2D eigenvalue weighted by molar-refractivity contribution is -0.123. The average molecular weight is 435 g/mol. The summed E-state index contributed by atoms with van der Waals surface area (Å²) in [6.45, 7) is 2.48. The average Bonchev–Trinajstić information content (AvgIpc) is 3.00. The summed E-state index contributed by atoms with van der Waals surface area (Å²) in [6.07, 6.45) is 0. The molecule has 2 fully saturated rings. The minimum Gasteiger partial charge on any atom is -0.496 e. The lowest BCUT2D eigenvalue weighted by Crippen LogP contribution is -2.61. The summed E-state index contributed by atoms with van der Waals surface area (Å²) in [6, 6.07) is 12.3. The van der Waals surface area contributed by atoms with Crippen molar-refractivity contribution in [3.63, 3.8) is 0 Å². The number of ether oxygens (including phenoxy) is 1. The molecule has 6 nitrogen and oxygen atoms in total. The van der Waals surface area contributed by atoms with E-state index in [2.05, 4.69) is 0 Å². The third-order valence-electron chi connectivity index (χ3n) is 5.70. The van der Waals surface area contributed by atoms with Crippen molar-refractivity contribution < 1.29 is 17.9 Å². The number of fused-ring (bicyclic) bond motifs is 1. The van der Waals surface area contributed by atoms with Gasteiger partial charge in [0, 0.05) is 28.9 Å². The van der Waals surface area contributed by atoms with Crippen LogP contribution in [0, 0.1) is 6.92 Å². The van der Waals surface area contributed by atoms with Gasteiger partial charge in [0.25, 0.3) is 0 Å². The van der Waals surface area contributed by atoms with Crippen LogP contribution in [0.5, 0.6) is 5.75 Å². The molecule has 2 aliphatic rings. The maximum atomic E-state index is 13.1. The van der Waals surface area contributed by atoms with E-state index in [0.717, 1.165) is 16.9 Å². The lowest BCUT2D eigenvalue weighted by atomic mass is 10.0. The first-order chi connectivity index (χ1) is 13.8. The van der Waals surface area contributed by atoms with E-state index in [1.807, 2.05) is 48.2 Å². The van der Waals surface area contributed by atoms with Crippen LogP contribution in [0.3, 0.4) is 0 Å². The number of hydrogen-bond acceptors (Lipinski definition) is 5. The number of halogens is 1. The standard InChI is InChI=1S/C21H23ClN2O4S/c1-14-7-8-16(9-17(14)22)24-19-13-29(26,27)12-18(19)23(11-21(24)25)10-15-5-3-4-6-20(15)28-2/h3-9,18-19H,10-13H2,1-2H3/t18-,19+/m0/s1. The third-order valence-corrected chi connectivity index (χ3v) is 7.81. The van der Waals surface area contributed by atoms with Gasteiger partial charge in [-0.2, -0.15) is 0 Å². The first-order valence-electron chi connectivity index (χ1n) is 9.43. The van der Waals surface area contributed by atoms with E-state index in [4.69, 9.17) is 16.3 Å². The number of carbonyl (C=O) groups is 1. The number of para-hydroxylation sites is 1. The van der Waals surface area contributed by atoms with E-state index in [9.17, 15) is 13.2 Å². The fourth-order valence-corrected chi connectivity index (χ4v) is 6.41. The molecular formula is C21H23ClN2O4S. The molecule has 0 N–H and O–H groups in total. The Morgan fingerprint density at radius 1 is 1.14 bits per heavy atom. The lowest BCUT2D eigenvalue weighted by Gasteiger charge is -2.43. The Bertz CT molecular complexity index is 1060. The molecule has 8 heteroatoms. The van der Waals surface area contributed by atoms with Crippen molar-refractivity contribution in [2.45, 2.75) is 25.6 Å². The van der Waals surface area contributed by atoms with Gasteiger partial charge in [-0.15, -0.1) is 0 Å². The smallest absolute Gasteiger partial charge is 0.241 e. The van der Waals surface area contributed by atoms with E-state index in [-0.39, 0.29) is 30.0 Å². The highest BCUT2D eigenvalue weighted by molar-refractivity contribution is 7.91. The maximum Gasteiger partial charge on any atom is 0.241 e. The molecule has 2 heterocycles. The summed E-state index contributed by atoms with van der Waals surface area (Å²) in [5.41, 5.74) is 2.49. The topological polar surface area (TPSA) is 66.9 Å². The van der Waals surface area contributed by atoms with E-state index in [0.29, 0.717) is 17.3 Å². The SMILES string of the molecule is COc1ccccc1CN1CC(=O)N(c2ccc(C)c(Cl)c2)[C@@H]2CS(=O)(=O)C[C@@H]21. The van der Waals surface area contributed by atoms with Crippen LogP contribution in [0.25, 0.3) is 0 Å². The van der Waals surface area contributed by atoms with Gasteiger partial charge in [-0.1, -0.05) is 35.9 Å². The van der Waals surface area contributed by atoms with Gasteiger partial charge in [0.05, 0.1) is 31.2 Å². The van der Waals surface area contributed by atoms with Crippen LogP contribution in [-0.4, -0.2) is 56.5 Å². The Morgan fingerprint density at radius 3 is 2.59 bits per heavy atom. The highest BCUT2D eigenvalue weighted by Crippen LogP contribution is 2.34. The van der Waals surface area contributed by atoms with Gasteiger partial charge in [0.1, 0.15) is 5.75 Å². The third kappa shape index (κ3) is 3.86. The van der Waals surface area contributed by atoms with Crippen molar-refractivity contribution in [1.82, 2.24) is 4.90 Å². The fraction of sp³-hybridized carbons (Fsp3) is 0.381. The first kappa shape index (κ1) is 20.2. The molecule has 2 aliphatic heterocycles. The Hall–Kier alpha value is -2.09. The van der Waals surface area contributed by atoms with Crippen LogP contribution in [-0.2, 0) is 21.2 Å². The number of rotatable bonds is 4. The molecule has 0 radical (unpaired) electrons. The molecule has 0 bridgehead atoms. The van der Waals surface area contributed by atoms with E-state index < -0.39 is 15.9 Å². The highest BCUT2D eigenvalue weighted by atomic mass is 35.5. The fourth-order valence-electron chi connectivity index (χ4n) is 4.25. The summed E-state index contributed by atoms with van der Waals surface area (Å²) in [5.74, 6) is 0.594. The Morgan fingerprint density at radius 2 is 1.86 bits per heavy atom. The Labute approximate surface area is 175 Å². The molecule has 2 saturated heterocycles. The number of amides is 1. The summed E-state index contributed by atoms with van der Waals surface area (Å²) in [7, 11) is -1.65. The molecule has 0 aliphatic carbocycles. The van der Waals surface area contributed by atoms with Gasteiger partial charge in [-0.25, -0.2) is 8.42 Å². The number of piperazine rings is 1. The van der Waals surface area contributed by atoms with Crippen molar-refractivity contribution in [2.24, 2.45) is 0 Å². The minimum absolute atomic E-state index is 0.0379. The molecule has 0 saturated carbocycles. The molecule has 0 unspecified atom stereocenters. The molecular weight excluding hydrogens is 412 g/mol. The second-order valence-electron chi connectivity index (χ2n) is 7.63. The monoisotopic (exact) mass is 434 g/mol. The number of carbonyl (C=O) groups excluding carboxylic acids is 1. The number of sulfone groups is 1. The zero-order valence-corrected chi connectivity index (χ0v) is 17.9. The minimum atomic E-state index is -3.25. The molecule has 1 amide bonds. The number of benzene rings is 2. The zero-order valence-electron chi connectivity index (χ0n) is 16.3. The Kier molecular flexibility index (Phi) is 5.31. The summed E-state index contributed by atoms with van der Waals surface area (Å²) in [4.78, 5) is 16.7. The van der Waals surface area contributed by atoms with Gasteiger partial charge in [0.15, 0.2) is 9.84 Å². The molecule has 4 rings (SSSR count). The highest BCUT2D eigenvalue weighted by Gasteiger charge is 2.49. The van der Waals surface area contributed by atoms with Gasteiger partial charge >= 0.3 is 0 Å². The second-order valence-corrected chi connectivity index (χ2v) is 10.2. The van der Waals surface area contributed by atoms with Gasteiger partial charge < -0.3 is 9.64 Å². The van der Waals surface area contributed by atoms with Crippen LogP contribution in [0.2, 0.25) is 5.02 Å². The van der Waals surface area contributed by atoms with E-state index in [1.165, 1.54) is 0 Å². The van der Waals surface area contributed by atoms with E-state index in [1.54, 1.807) is 18.1 Å². The van der Waals surface area contributed by atoms with Crippen molar-refractivity contribution in [2.75, 3.05) is 30.1 Å². The number of nitrogens with zero attached hydrogens (tertiary/aromatic N) is 2. The van der Waals surface area contributed by atoms with Crippen molar-refractivity contribution in [3.8, 4) is 5.75 Å². The van der Waals surface area contributed by atoms with Crippen LogP contribution < -0.4 is 9.64 Å². The number of methoxy groups -OCH3 is 1. The Balaban J connectivity index is 1.69. The van der Waals surface area contributed by atoms with Crippen LogP contribution in [0.1, 0.15) is 11.1 Å². The first-order valence-corrected chi connectivity index (χ1v) is 11.6. The van der Waals surface area contributed by atoms with Crippen LogP contribution >= 0.6 is 11.6 Å². The molecule has 29 heavy (non-hydrogen) atoms. The van der Waals surface area contributed by atoms with Crippen LogP contribution in [0.15, 0.2) is 42.5 Å². The normalized spacial score (nSPS) is 23.8. The van der Waals surface area contributed by atoms with Crippen LogP contribution in [0.4, 0.5) is 5.69 Å². The predicted octanol–water partition coefficient (Wildman–Crippen LogP) is 2.67. The van der Waals surface area contributed by atoms with E-state index >= 15 is 0 Å². The summed E-state index contributed by atoms with van der Waals surface area (Å²) >= 11 is 6.27. The maximum absolute atomic E-state index is 13.1. The molecule has 154 valence electrons. The molecule has 2 aromatic rings. The summed E-state index contributed by atoms with van der Waals surface area (Å²) < 4.78 is 30.4. The van der Waals surface area contributed by atoms with Gasteiger partial charge in [-0.3, -0.25) is 9.69 Å². The summed E-state index contributed by atoms with van der Waals surface area (Å²) in [5, 5.41) is 0.559. The second kappa shape index (κ2) is 7.63. The number of hydrogen-bond donors (Lipinski definition) is 0. The van der Waals surface area contributed by atoms with Gasteiger partial charge in [-0.05, 0) is 30.7 Å².